The molecular formula is C15H17NO5. The predicted molar refractivity (Wildman–Crippen MR) is 73.1 cm³/mol. The fraction of sp³-hybridized carbons (Fsp3) is 0.467. The van der Waals surface area contributed by atoms with Crippen molar-refractivity contribution in [3.63, 3.8) is 0 Å². The van der Waals surface area contributed by atoms with Crippen molar-refractivity contribution in [1.82, 2.24) is 5.32 Å². The van der Waals surface area contributed by atoms with Crippen LogP contribution in [0.5, 0.6) is 11.5 Å². The molecule has 3 rings (SSSR count). The third-order valence-electron chi connectivity index (χ3n) is 4.00. The van der Waals surface area contributed by atoms with Crippen molar-refractivity contribution >= 4 is 11.9 Å². The number of amides is 1. The van der Waals surface area contributed by atoms with Gasteiger partial charge in [-0.3, -0.25) is 9.59 Å². The maximum absolute atomic E-state index is 12.0. The average Bonchev–Trinajstić information content (AvgIpc) is 2.43. The lowest BCUT2D eigenvalue weighted by Gasteiger charge is -2.31. The summed E-state index contributed by atoms with van der Waals surface area (Å²) in [5.74, 6) is -0.629. The van der Waals surface area contributed by atoms with Crippen molar-refractivity contribution in [1.29, 1.82) is 0 Å². The first-order valence-corrected chi connectivity index (χ1v) is 7.04. The molecular weight excluding hydrogens is 274 g/mol. The van der Waals surface area contributed by atoms with E-state index in [1.165, 1.54) is 0 Å². The second-order valence-electron chi connectivity index (χ2n) is 5.32. The summed E-state index contributed by atoms with van der Waals surface area (Å²) in [4.78, 5) is 22.9. The normalized spacial score (nSPS) is 23.0. The van der Waals surface area contributed by atoms with E-state index in [-0.39, 0.29) is 5.91 Å². The Balaban J connectivity index is 1.58. The lowest BCUT2D eigenvalue weighted by atomic mass is 9.73. The van der Waals surface area contributed by atoms with Gasteiger partial charge in [0, 0.05) is 6.54 Å². The second-order valence-corrected chi connectivity index (χ2v) is 5.32. The van der Waals surface area contributed by atoms with E-state index in [0.717, 1.165) is 5.56 Å². The van der Waals surface area contributed by atoms with Gasteiger partial charge in [-0.15, -0.1) is 0 Å². The van der Waals surface area contributed by atoms with E-state index in [0.29, 0.717) is 44.1 Å². The average molecular weight is 291 g/mol. The third-order valence-corrected chi connectivity index (χ3v) is 4.00. The summed E-state index contributed by atoms with van der Waals surface area (Å²) >= 11 is 0. The Morgan fingerprint density at radius 2 is 1.86 bits per heavy atom. The van der Waals surface area contributed by atoms with Crippen LogP contribution in [0.25, 0.3) is 0 Å². The van der Waals surface area contributed by atoms with Crippen molar-refractivity contribution in [3.8, 4) is 11.5 Å². The molecule has 2 atom stereocenters. The first-order chi connectivity index (χ1) is 10.1. The fourth-order valence-corrected chi connectivity index (χ4v) is 2.63. The standard InChI is InChI=1S/C15H17NO5/c17-14(10-2-3-11(10)15(18)19)16-8-9-1-4-12-13(7-9)21-6-5-20-12/h1,4,7,10-11H,2-3,5-6,8H2,(H,16,17)(H,18,19). The highest BCUT2D eigenvalue weighted by atomic mass is 16.6. The van der Waals surface area contributed by atoms with Gasteiger partial charge in [-0.05, 0) is 30.5 Å². The van der Waals surface area contributed by atoms with E-state index >= 15 is 0 Å². The molecule has 1 aromatic carbocycles. The zero-order valence-corrected chi connectivity index (χ0v) is 11.5. The number of carbonyl (C=O) groups excluding carboxylic acids is 1. The van der Waals surface area contributed by atoms with Gasteiger partial charge >= 0.3 is 5.97 Å². The molecule has 6 heteroatoms. The maximum atomic E-state index is 12.0. The first kappa shape index (κ1) is 13.7. The molecule has 0 spiro atoms. The number of nitrogens with one attached hydrogen (secondary N) is 1. The predicted octanol–water partition coefficient (Wildman–Crippen LogP) is 1.18. The molecule has 112 valence electrons. The molecule has 0 bridgehead atoms. The number of aliphatic carboxylic acids is 1. The van der Waals surface area contributed by atoms with Crippen LogP contribution in [0.2, 0.25) is 0 Å². The van der Waals surface area contributed by atoms with Crippen molar-refractivity contribution in [2.45, 2.75) is 19.4 Å². The van der Waals surface area contributed by atoms with Gasteiger partial charge in [0.2, 0.25) is 5.91 Å². The largest absolute Gasteiger partial charge is 0.486 e. The van der Waals surface area contributed by atoms with Gasteiger partial charge in [0.15, 0.2) is 11.5 Å². The van der Waals surface area contributed by atoms with Crippen LogP contribution in [0.1, 0.15) is 18.4 Å². The lowest BCUT2D eigenvalue weighted by molar-refractivity contribution is -0.152. The van der Waals surface area contributed by atoms with E-state index in [9.17, 15) is 9.59 Å². The molecule has 2 N–H and O–H groups in total. The number of fused-ring (bicyclic) bond motifs is 1. The summed E-state index contributed by atoms with van der Waals surface area (Å²) < 4.78 is 10.9. The smallest absolute Gasteiger partial charge is 0.307 e. The lowest BCUT2D eigenvalue weighted by Crippen LogP contribution is -2.43. The summed E-state index contributed by atoms with van der Waals surface area (Å²) in [7, 11) is 0. The van der Waals surface area contributed by atoms with Crippen molar-refractivity contribution in [2.75, 3.05) is 13.2 Å². The van der Waals surface area contributed by atoms with E-state index < -0.39 is 17.8 Å². The van der Waals surface area contributed by atoms with Crippen LogP contribution in [-0.2, 0) is 16.1 Å². The highest BCUT2D eigenvalue weighted by Crippen LogP contribution is 2.35. The van der Waals surface area contributed by atoms with Gasteiger partial charge in [-0.25, -0.2) is 0 Å². The molecule has 1 fully saturated rings. The van der Waals surface area contributed by atoms with Crippen LogP contribution in [0.15, 0.2) is 18.2 Å². The molecule has 2 aliphatic rings. The van der Waals surface area contributed by atoms with Crippen molar-refractivity contribution in [3.05, 3.63) is 23.8 Å². The van der Waals surface area contributed by atoms with Gasteiger partial charge in [-0.2, -0.15) is 0 Å². The van der Waals surface area contributed by atoms with E-state index in [1.807, 2.05) is 18.2 Å². The number of ether oxygens (including phenoxy) is 2. The Hall–Kier alpha value is -2.24. The second kappa shape index (κ2) is 5.63. The van der Waals surface area contributed by atoms with Gasteiger partial charge in [0.25, 0.3) is 0 Å². The summed E-state index contributed by atoms with van der Waals surface area (Å²) in [5.41, 5.74) is 0.902. The van der Waals surface area contributed by atoms with Crippen LogP contribution in [0, 0.1) is 11.8 Å². The molecule has 1 saturated carbocycles. The summed E-state index contributed by atoms with van der Waals surface area (Å²) in [6, 6.07) is 5.52. The van der Waals surface area contributed by atoms with Crippen LogP contribution in [0.4, 0.5) is 0 Å². The van der Waals surface area contributed by atoms with Crippen LogP contribution < -0.4 is 14.8 Å². The minimum absolute atomic E-state index is 0.191. The number of benzene rings is 1. The molecule has 0 aromatic heterocycles. The molecule has 1 aromatic rings. The first-order valence-electron chi connectivity index (χ1n) is 7.04. The minimum Gasteiger partial charge on any atom is -0.486 e. The molecule has 2 unspecified atom stereocenters. The highest BCUT2D eigenvalue weighted by molar-refractivity contribution is 5.86. The molecule has 0 saturated heterocycles. The van der Waals surface area contributed by atoms with Gasteiger partial charge in [0.1, 0.15) is 13.2 Å². The molecule has 1 aliphatic heterocycles. The molecule has 6 nitrogen and oxygen atoms in total. The molecule has 1 amide bonds. The Bertz CT molecular complexity index is 571. The maximum Gasteiger partial charge on any atom is 0.307 e. The van der Waals surface area contributed by atoms with Gasteiger partial charge < -0.3 is 19.9 Å². The third kappa shape index (κ3) is 2.79. The number of rotatable bonds is 4. The zero-order valence-electron chi connectivity index (χ0n) is 11.5. The van der Waals surface area contributed by atoms with E-state index in [2.05, 4.69) is 5.32 Å². The Kier molecular flexibility index (Phi) is 3.68. The van der Waals surface area contributed by atoms with Crippen LogP contribution in [-0.4, -0.2) is 30.2 Å². The summed E-state index contributed by atoms with van der Waals surface area (Å²) in [5, 5.41) is 11.8. The summed E-state index contributed by atoms with van der Waals surface area (Å²) in [6.07, 6.45) is 1.22. The number of hydrogen-bond donors (Lipinski definition) is 2. The SMILES string of the molecule is O=C(O)C1CCC1C(=O)NCc1ccc2c(c1)OCCO2. The number of hydrogen-bond acceptors (Lipinski definition) is 4. The van der Waals surface area contributed by atoms with E-state index in [4.69, 9.17) is 14.6 Å². The monoisotopic (exact) mass is 291 g/mol. The number of carbonyl (C=O) groups is 2. The van der Waals surface area contributed by atoms with Gasteiger partial charge in [0.05, 0.1) is 11.8 Å². The minimum atomic E-state index is -0.888. The fourth-order valence-electron chi connectivity index (χ4n) is 2.63. The van der Waals surface area contributed by atoms with E-state index in [1.54, 1.807) is 0 Å². The zero-order chi connectivity index (χ0) is 14.8. The van der Waals surface area contributed by atoms with Crippen LogP contribution in [0.3, 0.4) is 0 Å². The van der Waals surface area contributed by atoms with Crippen molar-refractivity contribution < 1.29 is 24.2 Å². The highest BCUT2D eigenvalue weighted by Gasteiger charge is 2.41. The van der Waals surface area contributed by atoms with Crippen molar-refractivity contribution in [2.24, 2.45) is 11.8 Å². The Morgan fingerprint density at radius 1 is 1.14 bits per heavy atom. The quantitative estimate of drug-likeness (QED) is 0.870. The Labute approximate surface area is 122 Å². The van der Waals surface area contributed by atoms with Crippen LogP contribution >= 0.6 is 0 Å². The summed E-state index contributed by atoms with van der Waals surface area (Å²) in [6.45, 7) is 1.42. The molecule has 1 heterocycles. The number of carboxylic acid groups (broad SMARTS) is 1. The molecule has 1 aliphatic carbocycles. The Morgan fingerprint density at radius 3 is 2.52 bits per heavy atom. The molecule has 21 heavy (non-hydrogen) atoms. The number of carboxylic acids is 1. The van der Waals surface area contributed by atoms with Gasteiger partial charge in [-0.1, -0.05) is 6.07 Å². The molecule has 0 radical (unpaired) electrons. The topological polar surface area (TPSA) is 84.9 Å².